The van der Waals surface area contributed by atoms with Gasteiger partial charge < -0.3 is 4.74 Å². The lowest BCUT2D eigenvalue weighted by molar-refractivity contribution is -0.136. The van der Waals surface area contributed by atoms with E-state index >= 15 is 0 Å². The van der Waals surface area contributed by atoms with E-state index in [0.717, 1.165) is 10.4 Å². The highest BCUT2D eigenvalue weighted by molar-refractivity contribution is 7.11. The number of hydrogen-bond donors (Lipinski definition) is 0. The Morgan fingerprint density at radius 1 is 1.24 bits per heavy atom. The highest BCUT2D eigenvalue weighted by Crippen LogP contribution is 2.17. The molecule has 0 unspecified atom stereocenters. The Labute approximate surface area is 131 Å². The van der Waals surface area contributed by atoms with Crippen LogP contribution in [0.15, 0.2) is 41.8 Å². The van der Waals surface area contributed by atoms with Gasteiger partial charge in [0, 0.05) is 21.5 Å². The lowest BCUT2D eigenvalue weighted by Gasteiger charge is -2.02. The van der Waals surface area contributed by atoms with Crippen LogP contribution < -0.4 is 0 Å². The molecule has 0 spiro atoms. The van der Waals surface area contributed by atoms with E-state index in [2.05, 4.69) is 0 Å². The first kappa shape index (κ1) is 15.5. The molecule has 1 aromatic carbocycles. The number of rotatable bonds is 5. The molecule has 0 aliphatic heterocycles. The van der Waals surface area contributed by atoms with Crippen LogP contribution in [0.4, 0.5) is 0 Å². The number of hydrogen-bond acceptors (Lipinski definition) is 4. The van der Waals surface area contributed by atoms with Crippen molar-refractivity contribution in [3.05, 3.63) is 62.8 Å². The van der Waals surface area contributed by atoms with Gasteiger partial charge in [0.25, 0.3) is 0 Å². The third-order valence-corrected chi connectivity index (χ3v) is 4.02. The normalized spacial score (nSPS) is 10.8. The minimum Gasteiger partial charge on any atom is -0.454 e. The second-order valence-corrected chi connectivity index (χ2v) is 5.72. The summed E-state index contributed by atoms with van der Waals surface area (Å²) in [6.07, 6.45) is 3.02. The Balaban J connectivity index is 1.86. The van der Waals surface area contributed by atoms with Crippen LogP contribution in [0, 0.1) is 6.92 Å². The number of aryl methyl sites for hydroxylation is 1. The molecule has 0 fully saturated rings. The maximum absolute atomic E-state index is 11.8. The SMILES string of the molecule is Cc1ccsc1/C=C/C(=O)OCC(=O)c1ccc(Cl)cc1. The summed E-state index contributed by atoms with van der Waals surface area (Å²) in [5.41, 5.74) is 1.56. The van der Waals surface area contributed by atoms with Crippen molar-refractivity contribution in [3.8, 4) is 0 Å². The van der Waals surface area contributed by atoms with E-state index in [1.165, 1.54) is 6.08 Å². The van der Waals surface area contributed by atoms with E-state index in [-0.39, 0.29) is 12.4 Å². The average molecular weight is 321 g/mol. The van der Waals surface area contributed by atoms with Crippen LogP contribution in [-0.4, -0.2) is 18.4 Å². The van der Waals surface area contributed by atoms with Gasteiger partial charge in [-0.25, -0.2) is 4.79 Å². The first-order valence-electron chi connectivity index (χ1n) is 6.24. The van der Waals surface area contributed by atoms with E-state index in [0.29, 0.717) is 10.6 Å². The number of Topliss-reactive ketones (excluding diaryl/α,β-unsaturated/α-hetero) is 1. The molecular weight excluding hydrogens is 308 g/mol. The molecule has 0 radical (unpaired) electrons. The van der Waals surface area contributed by atoms with Crippen molar-refractivity contribution < 1.29 is 14.3 Å². The second kappa shape index (κ2) is 7.20. The Morgan fingerprint density at radius 2 is 1.95 bits per heavy atom. The van der Waals surface area contributed by atoms with Gasteiger partial charge in [0.05, 0.1) is 0 Å². The van der Waals surface area contributed by atoms with Crippen molar-refractivity contribution in [3.63, 3.8) is 0 Å². The van der Waals surface area contributed by atoms with Crippen LogP contribution in [0.5, 0.6) is 0 Å². The molecule has 0 aliphatic rings. The minimum atomic E-state index is -0.537. The molecular formula is C16H13ClO3S. The molecule has 0 amide bonds. The zero-order valence-corrected chi connectivity index (χ0v) is 12.9. The van der Waals surface area contributed by atoms with Crippen molar-refractivity contribution in [2.45, 2.75) is 6.92 Å². The summed E-state index contributed by atoms with van der Waals surface area (Å²) >= 11 is 7.28. The molecule has 5 heteroatoms. The molecule has 108 valence electrons. The molecule has 2 rings (SSSR count). The fraction of sp³-hybridized carbons (Fsp3) is 0.125. The smallest absolute Gasteiger partial charge is 0.331 e. The van der Waals surface area contributed by atoms with E-state index in [9.17, 15) is 9.59 Å². The number of benzene rings is 1. The van der Waals surface area contributed by atoms with Crippen LogP contribution in [0.1, 0.15) is 20.8 Å². The summed E-state index contributed by atoms with van der Waals surface area (Å²) < 4.78 is 4.92. The van der Waals surface area contributed by atoms with Crippen LogP contribution in [-0.2, 0) is 9.53 Å². The van der Waals surface area contributed by atoms with E-state index in [4.69, 9.17) is 16.3 Å². The summed E-state index contributed by atoms with van der Waals surface area (Å²) in [7, 11) is 0. The lowest BCUT2D eigenvalue weighted by atomic mass is 10.1. The highest BCUT2D eigenvalue weighted by Gasteiger charge is 2.08. The van der Waals surface area contributed by atoms with Crippen molar-refractivity contribution in [2.75, 3.05) is 6.61 Å². The maximum atomic E-state index is 11.8. The molecule has 0 aliphatic carbocycles. The monoisotopic (exact) mass is 320 g/mol. The maximum Gasteiger partial charge on any atom is 0.331 e. The molecule has 0 saturated heterocycles. The predicted molar refractivity (Wildman–Crippen MR) is 84.8 cm³/mol. The van der Waals surface area contributed by atoms with Gasteiger partial charge in [-0.2, -0.15) is 0 Å². The van der Waals surface area contributed by atoms with Crippen LogP contribution in [0.2, 0.25) is 5.02 Å². The summed E-state index contributed by atoms with van der Waals surface area (Å²) in [5, 5.41) is 2.50. The lowest BCUT2D eigenvalue weighted by Crippen LogP contribution is -2.12. The molecule has 0 N–H and O–H groups in total. The molecule has 21 heavy (non-hydrogen) atoms. The van der Waals surface area contributed by atoms with E-state index < -0.39 is 5.97 Å². The van der Waals surface area contributed by atoms with Gasteiger partial charge in [0.2, 0.25) is 0 Å². The number of halogens is 1. The standard InChI is InChI=1S/C16H13ClO3S/c1-11-8-9-21-15(11)6-7-16(19)20-10-14(18)12-2-4-13(17)5-3-12/h2-9H,10H2,1H3/b7-6+. The number of ether oxygens (including phenoxy) is 1. The molecule has 3 nitrogen and oxygen atoms in total. The van der Waals surface area contributed by atoms with Crippen LogP contribution >= 0.6 is 22.9 Å². The second-order valence-electron chi connectivity index (χ2n) is 4.34. The largest absolute Gasteiger partial charge is 0.454 e. The third-order valence-electron chi connectivity index (χ3n) is 2.78. The van der Waals surface area contributed by atoms with Crippen molar-refractivity contribution in [2.24, 2.45) is 0 Å². The number of carbonyl (C=O) groups excluding carboxylic acids is 2. The zero-order chi connectivity index (χ0) is 15.2. The highest BCUT2D eigenvalue weighted by atomic mass is 35.5. The van der Waals surface area contributed by atoms with Crippen molar-refractivity contribution in [1.82, 2.24) is 0 Å². The molecule has 0 bridgehead atoms. The van der Waals surface area contributed by atoms with Crippen LogP contribution in [0.25, 0.3) is 6.08 Å². The van der Waals surface area contributed by atoms with Crippen molar-refractivity contribution >= 4 is 40.8 Å². The Kier molecular flexibility index (Phi) is 5.31. The fourth-order valence-corrected chi connectivity index (χ4v) is 2.55. The Morgan fingerprint density at radius 3 is 2.57 bits per heavy atom. The van der Waals surface area contributed by atoms with Gasteiger partial charge in [-0.05, 0) is 54.3 Å². The average Bonchev–Trinajstić information content (AvgIpc) is 2.88. The Bertz CT molecular complexity index is 671. The quantitative estimate of drug-likeness (QED) is 0.472. The van der Waals surface area contributed by atoms with Gasteiger partial charge in [-0.1, -0.05) is 11.6 Å². The molecule has 0 atom stereocenters. The summed E-state index contributed by atoms with van der Waals surface area (Å²) in [4.78, 5) is 24.4. The molecule has 0 saturated carbocycles. The van der Waals surface area contributed by atoms with Crippen molar-refractivity contribution in [1.29, 1.82) is 0 Å². The van der Waals surface area contributed by atoms with Gasteiger partial charge in [0.15, 0.2) is 12.4 Å². The summed E-state index contributed by atoms with van der Waals surface area (Å²) in [6, 6.07) is 8.42. The number of esters is 1. The van der Waals surface area contributed by atoms with Crippen LogP contribution in [0.3, 0.4) is 0 Å². The number of carbonyl (C=O) groups is 2. The van der Waals surface area contributed by atoms with Gasteiger partial charge in [-0.3, -0.25) is 4.79 Å². The molecule has 2 aromatic rings. The first-order valence-corrected chi connectivity index (χ1v) is 7.50. The van der Waals surface area contributed by atoms with Gasteiger partial charge in [0.1, 0.15) is 0 Å². The number of ketones is 1. The minimum absolute atomic E-state index is 0.263. The predicted octanol–water partition coefficient (Wildman–Crippen LogP) is 4.15. The van der Waals surface area contributed by atoms with Gasteiger partial charge >= 0.3 is 5.97 Å². The fourth-order valence-electron chi connectivity index (χ4n) is 1.60. The zero-order valence-electron chi connectivity index (χ0n) is 11.3. The number of thiophene rings is 1. The Hall–Kier alpha value is -1.91. The molecule has 1 aromatic heterocycles. The summed E-state index contributed by atoms with van der Waals surface area (Å²) in [5.74, 6) is -0.800. The van der Waals surface area contributed by atoms with Gasteiger partial charge in [-0.15, -0.1) is 11.3 Å². The molecule has 1 heterocycles. The summed E-state index contributed by atoms with van der Waals surface area (Å²) in [6.45, 7) is 1.68. The first-order chi connectivity index (χ1) is 10.1. The van der Waals surface area contributed by atoms with E-state index in [1.54, 1.807) is 41.7 Å². The topological polar surface area (TPSA) is 43.4 Å². The third kappa shape index (κ3) is 4.55. The van der Waals surface area contributed by atoms with E-state index in [1.807, 2.05) is 18.4 Å².